The lowest BCUT2D eigenvalue weighted by Crippen LogP contribution is -2.32. The highest BCUT2D eigenvalue weighted by Crippen LogP contribution is 2.27. The predicted molar refractivity (Wildman–Crippen MR) is 73.9 cm³/mol. The number of nitrogens with zero attached hydrogens (tertiary/aromatic N) is 1. The van der Waals surface area contributed by atoms with Crippen molar-refractivity contribution in [1.82, 2.24) is 9.69 Å². The van der Waals surface area contributed by atoms with Crippen LogP contribution in [0.25, 0.3) is 0 Å². The van der Waals surface area contributed by atoms with Crippen molar-refractivity contribution < 1.29 is 9.90 Å². The van der Waals surface area contributed by atoms with Gasteiger partial charge in [0.1, 0.15) is 10.6 Å². The Hall–Kier alpha value is -1.34. The molecule has 6 nitrogen and oxygen atoms in total. The van der Waals surface area contributed by atoms with Gasteiger partial charge in [-0.3, -0.25) is 4.79 Å². The molecule has 102 valence electrons. The van der Waals surface area contributed by atoms with Crippen LogP contribution in [0.15, 0.2) is 0 Å². The van der Waals surface area contributed by atoms with Gasteiger partial charge >= 0.3 is 0 Å². The standard InChI is InChI=1S/C11H20N4O2S/c1-6(2)14-9(16)7-8(12)15-18-10(7)13-5-11(3,4)17/h6,13,17H,5H2,1-4H3,(H2,12,15)(H,14,16). The molecule has 1 aromatic rings. The highest BCUT2D eigenvalue weighted by atomic mass is 32.1. The maximum Gasteiger partial charge on any atom is 0.258 e. The third-order valence-corrected chi connectivity index (χ3v) is 2.87. The van der Waals surface area contributed by atoms with Gasteiger partial charge in [-0.1, -0.05) is 0 Å². The SMILES string of the molecule is CC(C)NC(=O)c1c(N)nsc1NCC(C)(C)O. The van der Waals surface area contributed by atoms with Crippen molar-refractivity contribution in [3.05, 3.63) is 5.56 Å². The third-order valence-electron chi connectivity index (χ3n) is 2.05. The highest BCUT2D eigenvalue weighted by molar-refractivity contribution is 7.11. The molecule has 1 aromatic heterocycles. The summed E-state index contributed by atoms with van der Waals surface area (Å²) < 4.78 is 3.96. The van der Waals surface area contributed by atoms with E-state index in [0.29, 0.717) is 17.1 Å². The quantitative estimate of drug-likeness (QED) is 0.642. The van der Waals surface area contributed by atoms with E-state index in [2.05, 4.69) is 15.0 Å². The van der Waals surface area contributed by atoms with E-state index < -0.39 is 5.60 Å². The van der Waals surface area contributed by atoms with Gasteiger partial charge in [0.05, 0.1) is 5.60 Å². The summed E-state index contributed by atoms with van der Waals surface area (Å²) in [6, 6.07) is 0.0268. The second kappa shape index (κ2) is 5.53. The number of amides is 1. The summed E-state index contributed by atoms with van der Waals surface area (Å²) in [6.45, 7) is 7.42. The fourth-order valence-electron chi connectivity index (χ4n) is 1.27. The molecule has 0 radical (unpaired) electrons. The minimum Gasteiger partial charge on any atom is -0.389 e. The molecule has 1 heterocycles. The summed E-state index contributed by atoms with van der Waals surface area (Å²) in [5.74, 6) is -0.0501. The molecular weight excluding hydrogens is 252 g/mol. The number of nitrogens with one attached hydrogen (secondary N) is 2. The van der Waals surface area contributed by atoms with E-state index in [1.807, 2.05) is 13.8 Å². The first-order valence-electron chi connectivity index (χ1n) is 5.73. The van der Waals surface area contributed by atoms with Crippen molar-refractivity contribution >= 4 is 28.3 Å². The molecule has 18 heavy (non-hydrogen) atoms. The number of hydrogen-bond donors (Lipinski definition) is 4. The Morgan fingerprint density at radius 3 is 2.67 bits per heavy atom. The molecule has 0 spiro atoms. The van der Waals surface area contributed by atoms with Gasteiger partial charge in [0.15, 0.2) is 5.82 Å². The second-order valence-electron chi connectivity index (χ2n) is 5.07. The van der Waals surface area contributed by atoms with Crippen molar-refractivity contribution in [3.8, 4) is 0 Å². The van der Waals surface area contributed by atoms with Gasteiger partial charge in [-0.05, 0) is 39.2 Å². The Balaban J connectivity index is 2.84. The van der Waals surface area contributed by atoms with E-state index in [1.54, 1.807) is 13.8 Å². The average molecular weight is 272 g/mol. The van der Waals surface area contributed by atoms with Crippen LogP contribution in [-0.2, 0) is 0 Å². The number of aliphatic hydroxyl groups is 1. The molecule has 0 atom stereocenters. The number of aromatic nitrogens is 1. The van der Waals surface area contributed by atoms with Crippen molar-refractivity contribution in [3.63, 3.8) is 0 Å². The minimum atomic E-state index is -0.870. The van der Waals surface area contributed by atoms with Crippen LogP contribution in [-0.4, -0.2) is 33.6 Å². The Morgan fingerprint density at radius 1 is 1.56 bits per heavy atom. The largest absolute Gasteiger partial charge is 0.389 e. The number of hydrogen-bond acceptors (Lipinski definition) is 6. The van der Waals surface area contributed by atoms with Crippen molar-refractivity contribution in [2.75, 3.05) is 17.6 Å². The molecule has 0 aliphatic heterocycles. The van der Waals surface area contributed by atoms with E-state index in [0.717, 1.165) is 11.5 Å². The van der Waals surface area contributed by atoms with Gasteiger partial charge in [0.25, 0.3) is 5.91 Å². The first kappa shape index (κ1) is 14.7. The first-order chi connectivity index (χ1) is 8.20. The van der Waals surface area contributed by atoms with E-state index in [9.17, 15) is 9.90 Å². The number of rotatable bonds is 5. The maximum absolute atomic E-state index is 12.0. The van der Waals surface area contributed by atoms with E-state index in [-0.39, 0.29) is 17.8 Å². The lowest BCUT2D eigenvalue weighted by molar-refractivity contribution is 0.0927. The number of carbonyl (C=O) groups is 1. The average Bonchev–Trinajstić information content (AvgIpc) is 2.54. The summed E-state index contributed by atoms with van der Waals surface area (Å²) in [6.07, 6.45) is 0. The lowest BCUT2D eigenvalue weighted by atomic mass is 10.1. The smallest absolute Gasteiger partial charge is 0.258 e. The van der Waals surface area contributed by atoms with E-state index in [4.69, 9.17) is 5.73 Å². The summed E-state index contributed by atoms with van der Waals surface area (Å²) >= 11 is 1.11. The first-order valence-corrected chi connectivity index (χ1v) is 6.50. The van der Waals surface area contributed by atoms with Gasteiger partial charge in [-0.15, -0.1) is 0 Å². The topological polar surface area (TPSA) is 100 Å². The molecular formula is C11H20N4O2S. The molecule has 0 unspecified atom stereocenters. The van der Waals surface area contributed by atoms with E-state index >= 15 is 0 Å². The van der Waals surface area contributed by atoms with Crippen LogP contribution in [0.4, 0.5) is 10.8 Å². The van der Waals surface area contributed by atoms with Crippen LogP contribution in [0.2, 0.25) is 0 Å². The molecule has 0 aliphatic carbocycles. The molecule has 0 fully saturated rings. The highest BCUT2D eigenvalue weighted by Gasteiger charge is 2.21. The zero-order chi connectivity index (χ0) is 13.9. The van der Waals surface area contributed by atoms with Gasteiger partial charge in [-0.2, -0.15) is 4.37 Å². The van der Waals surface area contributed by atoms with Gasteiger partial charge < -0.3 is 21.5 Å². The lowest BCUT2D eigenvalue weighted by Gasteiger charge is -2.18. The number of nitrogen functional groups attached to an aromatic ring is 1. The fourth-order valence-corrected chi connectivity index (χ4v) is 1.98. The van der Waals surface area contributed by atoms with Gasteiger partial charge in [0.2, 0.25) is 0 Å². The molecule has 5 N–H and O–H groups in total. The van der Waals surface area contributed by atoms with Crippen LogP contribution < -0.4 is 16.4 Å². The Kier molecular flexibility index (Phi) is 4.53. The summed E-state index contributed by atoms with van der Waals surface area (Å²) in [4.78, 5) is 12.0. The molecule has 1 amide bonds. The van der Waals surface area contributed by atoms with Crippen molar-refractivity contribution in [2.24, 2.45) is 0 Å². The van der Waals surface area contributed by atoms with Crippen molar-refractivity contribution in [1.29, 1.82) is 0 Å². The van der Waals surface area contributed by atoms with Crippen LogP contribution in [0.5, 0.6) is 0 Å². The summed E-state index contributed by atoms with van der Waals surface area (Å²) in [5, 5.41) is 16.0. The maximum atomic E-state index is 12.0. The van der Waals surface area contributed by atoms with Crippen LogP contribution in [0.3, 0.4) is 0 Å². The van der Waals surface area contributed by atoms with Gasteiger partial charge in [0, 0.05) is 12.6 Å². The zero-order valence-corrected chi connectivity index (χ0v) is 11.9. The number of anilines is 2. The fraction of sp³-hybridized carbons (Fsp3) is 0.636. The van der Waals surface area contributed by atoms with Crippen LogP contribution in [0, 0.1) is 0 Å². The second-order valence-corrected chi connectivity index (χ2v) is 5.84. The Morgan fingerprint density at radius 2 is 2.17 bits per heavy atom. The molecule has 1 rings (SSSR count). The number of nitrogens with two attached hydrogens (primary N) is 1. The molecule has 0 aromatic carbocycles. The van der Waals surface area contributed by atoms with Crippen molar-refractivity contribution in [2.45, 2.75) is 39.3 Å². The Bertz CT molecular complexity index is 423. The van der Waals surface area contributed by atoms with Crippen LogP contribution in [0.1, 0.15) is 38.1 Å². The van der Waals surface area contributed by atoms with E-state index in [1.165, 1.54) is 0 Å². The summed E-state index contributed by atoms with van der Waals surface area (Å²) in [7, 11) is 0. The number of carbonyl (C=O) groups excluding carboxylic acids is 1. The zero-order valence-electron chi connectivity index (χ0n) is 11.1. The molecule has 0 saturated heterocycles. The van der Waals surface area contributed by atoms with Crippen LogP contribution >= 0.6 is 11.5 Å². The Labute approximate surface area is 111 Å². The summed E-state index contributed by atoms with van der Waals surface area (Å²) in [5.41, 5.74) is 5.17. The molecule has 0 bridgehead atoms. The monoisotopic (exact) mass is 272 g/mol. The van der Waals surface area contributed by atoms with Gasteiger partial charge in [-0.25, -0.2) is 0 Å². The molecule has 7 heteroatoms. The molecule has 0 aliphatic rings. The third kappa shape index (κ3) is 4.15. The predicted octanol–water partition coefficient (Wildman–Crippen LogP) is 1.05. The molecule has 0 saturated carbocycles. The normalized spacial score (nSPS) is 11.7. The minimum absolute atomic E-state index is 0.0268.